The molecule has 0 bridgehead atoms. The molecule has 0 aliphatic carbocycles. The topological polar surface area (TPSA) is 44.4 Å². The van der Waals surface area contributed by atoms with Gasteiger partial charge < -0.3 is 15.5 Å². The standard InChI is InChI=1S/C16H24ClN3O/c1-2-9-20-10-7-14(8-11-20)18-12-16(21)19-15-5-3-13(17)4-6-15/h3-6,14,18H,2,7-12H2,1H3,(H,19,21). The van der Waals surface area contributed by atoms with Crippen LogP contribution < -0.4 is 10.6 Å². The molecule has 2 rings (SSSR count). The summed E-state index contributed by atoms with van der Waals surface area (Å²) in [6, 6.07) is 7.61. The van der Waals surface area contributed by atoms with Gasteiger partial charge in [-0.1, -0.05) is 18.5 Å². The van der Waals surface area contributed by atoms with Crippen LogP contribution in [-0.2, 0) is 4.79 Å². The van der Waals surface area contributed by atoms with Crippen molar-refractivity contribution in [2.75, 3.05) is 31.5 Å². The molecular formula is C16H24ClN3O. The number of hydrogen-bond acceptors (Lipinski definition) is 3. The Kier molecular flexibility index (Phi) is 6.49. The van der Waals surface area contributed by atoms with E-state index < -0.39 is 0 Å². The van der Waals surface area contributed by atoms with Crippen LogP contribution in [0, 0.1) is 0 Å². The van der Waals surface area contributed by atoms with Crippen molar-refractivity contribution >= 4 is 23.2 Å². The van der Waals surface area contributed by atoms with Crippen LogP contribution in [0.5, 0.6) is 0 Å². The molecule has 1 aliphatic rings. The quantitative estimate of drug-likeness (QED) is 0.849. The number of amides is 1. The van der Waals surface area contributed by atoms with Crippen molar-refractivity contribution in [2.45, 2.75) is 32.2 Å². The van der Waals surface area contributed by atoms with Crippen LogP contribution in [0.2, 0.25) is 5.02 Å². The Morgan fingerprint density at radius 3 is 2.57 bits per heavy atom. The third-order valence-electron chi connectivity index (χ3n) is 3.81. The molecule has 21 heavy (non-hydrogen) atoms. The van der Waals surface area contributed by atoms with Gasteiger partial charge >= 0.3 is 0 Å². The summed E-state index contributed by atoms with van der Waals surface area (Å²) in [6.07, 6.45) is 3.45. The summed E-state index contributed by atoms with van der Waals surface area (Å²) in [5, 5.41) is 6.89. The van der Waals surface area contributed by atoms with Crippen LogP contribution >= 0.6 is 11.6 Å². The number of benzene rings is 1. The van der Waals surface area contributed by atoms with E-state index in [9.17, 15) is 4.79 Å². The minimum Gasteiger partial charge on any atom is -0.325 e. The van der Waals surface area contributed by atoms with Gasteiger partial charge in [0.25, 0.3) is 0 Å². The maximum atomic E-state index is 11.9. The van der Waals surface area contributed by atoms with Crippen LogP contribution in [0.1, 0.15) is 26.2 Å². The maximum Gasteiger partial charge on any atom is 0.238 e. The molecule has 0 saturated carbocycles. The van der Waals surface area contributed by atoms with Crippen LogP contribution in [0.25, 0.3) is 0 Å². The first-order valence-corrected chi connectivity index (χ1v) is 8.06. The normalized spacial score (nSPS) is 16.9. The highest BCUT2D eigenvalue weighted by molar-refractivity contribution is 6.30. The molecule has 0 radical (unpaired) electrons. The molecule has 1 fully saturated rings. The van der Waals surface area contributed by atoms with E-state index in [1.807, 2.05) is 12.1 Å². The first-order valence-electron chi connectivity index (χ1n) is 7.68. The fourth-order valence-corrected chi connectivity index (χ4v) is 2.78. The molecule has 1 aromatic rings. The molecule has 1 aliphatic heterocycles. The number of rotatable bonds is 6. The van der Waals surface area contributed by atoms with Gasteiger partial charge in [-0.15, -0.1) is 0 Å². The number of halogens is 1. The molecule has 0 atom stereocenters. The molecule has 1 aromatic carbocycles. The van der Waals surface area contributed by atoms with E-state index in [-0.39, 0.29) is 5.91 Å². The fraction of sp³-hybridized carbons (Fsp3) is 0.562. The average Bonchev–Trinajstić information content (AvgIpc) is 2.49. The SMILES string of the molecule is CCCN1CCC(NCC(=O)Nc2ccc(Cl)cc2)CC1. The van der Waals surface area contributed by atoms with Crippen LogP contribution in [-0.4, -0.2) is 43.0 Å². The van der Waals surface area contributed by atoms with Gasteiger partial charge in [0.1, 0.15) is 0 Å². The molecule has 0 aromatic heterocycles. The predicted molar refractivity (Wildman–Crippen MR) is 87.8 cm³/mol. The van der Waals surface area contributed by atoms with E-state index in [0.29, 0.717) is 17.6 Å². The summed E-state index contributed by atoms with van der Waals surface area (Å²) in [7, 11) is 0. The highest BCUT2D eigenvalue weighted by Gasteiger charge is 2.18. The van der Waals surface area contributed by atoms with Crippen LogP contribution in [0.3, 0.4) is 0 Å². The van der Waals surface area contributed by atoms with Gasteiger partial charge in [0, 0.05) is 16.8 Å². The molecule has 0 spiro atoms. The second-order valence-electron chi connectivity index (χ2n) is 5.55. The highest BCUT2D eigenvalue weighted by Crippen LogP contribution is 2.13. The summed E-state index contributed by atoms with van der Waals surface area (Å²) in [4.78, 5) is 14.4. The second kappa shape index (κ2) is 8.37. The summed E-state index contributed by atoms with van der Waals surface area (Å²) in [5.41, 5.74) is 0.781. The Morgan fingerprint density at radius 2 is 1.95 bits per heavy atom. The third kappa shape index (κ3) is 5.65. The monoisotopic (exact) mass is 309 g/mol. The Bertz CT molecular complexity index is 441. The van der Waals surface area contributed by atoms with E-state index in [2.05, 4.69) is 22.5 Å². The second-order valence-corrected chi connectivity index (χ2v) is 5.99. The van der Waals surface area contributed by atoms with Crippen molar-refractivity contribution in [1.82, 2.24) is 10.2 Å². The van der Waals surface area contributed by atoms with Gasteiger partial charge in [-0.25, -0.2) is 0 Å². The Hall–Kier alpha value is -1.10. The first kappa shape index (κ1) is 16.3. The predicted octanol–water partition coefficient (Wildman–Crippen LogP) is 2.74. The van der Waals surface area contributed by atoms with Crippen molar-refractivity contribution in [3.05, 3.63) is 29.3 Å². The smallest absolute Gasteiger partial charge is 0.238 e. The zero-order valence-corrected chi connectivity index (χ0v) is 13.3. The van der Waals surface area contributed by atoms with Gasteiger partial charge in [-0.3, -0.25) is 4.79 Å². The summed E-state index contributed by atoms with van der Waals surface area (Å²) in [5.74, 6) is -0.00619. The van der Waals surface area contributed by atoms with E-state index in [1.165, 1.54) is 13.0 Å². The fourth-order valence-electron chi connectivity index (χ4n) is 2.65. The molecule has 1 amide bonds. The zero-order chi connectivity index (χ0) is 15.1. The van der Waals surface area contributed by atoms with Crippen molar-refractivity contribution in [3.63, 3.8) is 0 Å². The summed E-state index contributed by atoms with van der Waals surface area (Å²) in [6.45, 7) is 6.02. The number of piperidine rings is 1. The van der Waals surface area contributed by atoms with E-state index >= 15 is 0 Å². The number of anilines is 1. The van der Waals surface area contributed by atoms with Crippen LogP contribution in [0.4, 0.5) is 5.69 Å². The number of hydrogen-bond donors (Lipinski definition) is 2. The van der Waals surface area contributed by atoms with Crippen LogP contribution in [0.15, 0.2) is 24.3 Å². The lowest BCUT2D eigenvalue weighted by Crippen LogP contribution is -2.44. The molecule has 5 heteroatoms. The summed E-state index contributed by atoms with van der Waals surface area (Å²) >= 11 is 5.82. The van der Waals surface area contributed by atoms with Gasteiger partial charge in [-0.2, -0.15) is 0 Å². The van der Waals surface area contributed by atoms with E-state index in [0.717, 1.165) is 31.6 Å². The lowest BCUT2D eigenvalue weighted by Gasteiger charge is -2.32. The van der Waals surface area contributed by atoms with Gasteiger partial charge in [0.15, 0.2) is 0 Å². The molecule has 0 unspecified atom stereocenters. The summed E-state index contributed by atoms with van der Waals surface area (Å²) < 4.78 is 0. The molecule has 4 nitrogen and oxygen atoms in total. The molecular weight excluding hydrogens is 286 g/mol. The highest BCUT2D eigenvalue weighted by atomic mass is 35.5. The lowest BCUT2D eigenvalue weighted by atomic mass is 10.0. The minimum atomic E-state index is -0.00619. The zero-order valence-electron chi connectivity index (χ0n) is 12.6. The Morgan fingerprint density at radius 1 is 1.29 bits per heavy atom. The molecule has 1 saturated heterocycles. The number of likely N-dealkylation sites (tertiary alicyclic amines) is 1. The number of carbonyl (C=O) groups is 1. The Balaban J connectivity index is 1.66. The van der Waals surface area contributed by atoms with E-state index in [4.69, 9.17) is 11.6 Å². The number of carbonyl (C=O) groups excluding carboxylic acids is 1. The lowest BCUT2D eigenvalue weighted by molar-refractivity contribution is -0.115. The van der Waals surface area contributed by atoms with Crippen molar-refractivity contribution in [3.8, 4) is 0 Å². The van der Waals surface area contributed by atoms with Crippen molar-refractivity contribution < 1.29 is 4.79 Å². The van der Waals surface area contributed by atoms with Gasteiger partial charge in [0.2, 0.25) is 5.91 Å². The van der Waals surface area contributed by atoms with E-state index in [1.54, 1.807) is 12.1 Å². The molecule has 1 heterocycles. The number of nitrogens with one attached hydrogen (secondary N) is 2. The third-order valence-corrected chi connectivity index (χ3v) is 4.06. The Labute approximate surface area is 131 Å². The van der Waals surface area contributed by atoms with Gasteiger partial charge in [0.05, 0.1) is 6.54 Å². The molecule has 2 N–H and O–H groups in total. The number of nitrogens with zero attached hydrogens (tertiary/aromatic N) is 1. The maximum absolute atomic E-state index is 11.9. The largest absolute Gasteiger partial charge is 0.325 e. The van der Waals surface area contributed by atoms with Crippen molar-refractivity contribution in [2.24, 2.45) is 0 Å². The van der Waals surface area contributed by atoms with Gasteiger partial charge in [-0.05, 0) is 63.2 Å². The average molecular weight is 310 g/mol. The van der Waals surface area contributed by atoms with Crippen molar-refractivity contribution in [1.29, 1.82) is 0 Å². The minimum absolute atomic E-state index is 0.00619. The molecule has 116 valence electrons. The first-order chi connectivity index (χ1) is 10.2.